The molecule has 0 amide bonds. The van der Waals surface area contributed by atoms with Gasteiger partial charge in [-0.2, -0.15) is 0 Å². The van der Waals surface area contributed by atoms with Crippen molar-refractivity contribution in [3.8, 4) is 0 Å². The Balaban J connectivity index is 2.93. The predicted molar refractivity (Wildman–Crippen MR) is 53.8 cm³/mol. The van der Waals surface area contributed by atoms with E-state index in [-0.39, 0.29) is 5.78 Å². The molecule has 66 valence electrons. The molecule has 0 bridgehead atoms. The quantitative estimate of drug-likeness (QED) is 0.571. The van der Waals surface area contributed by atoms with E-state index in [1.54, 1.807) is 12.1 Å². The molecule has 0 saturated heterocycles. The number of hydrogen-bond donors (Lipinski definition) is 0. The van der Waals surface area contributed by atoms with E-state index >= 15 is 0 Å². The third-order valence-electron chi connectivity index (χ3n) is 1.20. The van der Waals surface area contributed by atoms with Gasteiger partial charge in [0.05, 0.1) is 9.21 Å². The zero-order valence-electron chi connectivity index (χ0n) is 6.11. The first kappa shape index (κ1) is 10.3. The van der Waals surface area contributed by atoms with Crippen LogP contribution in [0.5, 0.6) is 0 Å². The minimum Gasteiger partial charge on any atom is -0.290 e. The van der Waals surface area contributed by atoms with Gasteiger partial charge in [-0.3, -0.25) is 4.79 Å². The Morgan fingerprint density at radius 1 is 1.50 bits per heavy atom. The van der Waals surface area contributed by atoms with Gasteiger partial charge >= 0.3 is 0 Å². The molecular formula is C7H5Cl3OS. The van der Waals surface area contributed by atoms with Crippen molar-refractivity contribution in [2.24, 2.45) is 0 Å². The lowest BCUT2D eigenvalue weighted by Gasteiger charge is -2.08. The summed E-state index contributed by atoms with van der Waals surface area (Å²) in [7, 11) is 0. The van der Waals surface area contributed by atoms with E-state index in [2.05, 4.69) is 0 Å². The van der Waals surface area contributed by atoms with E-state index in [4.69, 9.17) is 34.8 Å². The number of alkyl halides is 2. The second kappa shape index (κ2) is 3.54. The second-order valence-corrected chi connectivity index (χ2v) is 5.74. The number of carbonyl (C=O) groups excluding carboxylic acids is 1. The van der Waals surface area contributed by atoms with E-state index in [9.17, 15) is 4.79 Å². The van der Waals surface area contributed by atoms with E-state index in [1.807, 2.05) is 0 Å². The Morgan fingerprint density at radius 2 is 2.08 bits per heavy atom. The number of thiophene rings is 1. The van der Waals surface area contributed by atoms with Gasteiger partial charge in [0, 0.05) is 0 Å². The number of rotatable bonds is 2. The second-order valence-electron chi connectivity index (χ2n) is 2.32. The first-order valence-corrected chi connectivity index (χ1v) is 5.04. The van der Waals surface area contributed by atoms with Crippen LogP contribution in [0.15, 0.2) is 12.1 Å². The van der Waals surface area contributed by atoms with Gasteiger partial charge in [-0.05, 0) is 19.1 Å². The summed E-state index contributed by atoms with van der Waals surface area (Å²) >= 11 is 18.0. The van der Waals surface area contributed by atoms with Crippen LogP contribution in [0, 0.1) is 0 Å². The molecule has 0 spiro atoms. The summed E-state index contributed by atoms with van der Waals surface area (Å²) in [6.07, 6.45) is 0. The van der Waals surface area contributed by atoms with Crippen molar-refractivity contribution in [1.29, 1.82) is 0 Å². The van der Waals surface area contributed by atoms with E-state index in [1.165, 1.54) is 18.3 Å². The summed E-state index contributed by atoms with van der Waals surface area (Å²) in [6, 6.07) is 3.25. The fourth-order valence-electron chi connectivity index (χ4n) is 0.653. The molecule has 0 aliphatic heterocycles. The number of Topliss-reactive ketones (excluding diaryl/α,β-unsaturated/α-hetero) is 1. The Kier molecular flexibility index (Phi) is 3.05. The highest BCUT2D eigenvalue weighted by molar-refractivity contribution is 7.18. The lowest BCUT2D eigenvalue weighted by Crippen LogP contribution is -2.20. The lowest BCUT2D eigenvalue weighted by molar-refractivity contribution is 0.0982. The van der Waals surface area contributed by atoms with Crippen LogP contribution < -0.4 is 0 Å². The van der Waals surface area contributed by atoms with Gasteiger partial charge in [0.1, 0.15) is 0 Å². The standard InChI is InChI=1S/C7H5Cl3OS/c1-7(9,10)6(11)4-2-3-5(8)12-4/h2-3H,1H3. The van der Waals surface area contributed by atoms with Gasteiger partial charge < -0.3 is 0 Å². The molecule has 12 heavy (non-hydrogen) atoms. The fourth-order valence-corrected chi connectivity index (χ4v) is 2.06. The molecule has 0 atom stereocenters. The third-order valence-corrected chi connectivity index (χ3v) is 2.77. The zero-order chi connectivity index (χ0) is 9.35. The summed E-state index contributed by atoms with van der Waals surface area (Å²) in [4.78, 5) is 11.8. The molecule has 0 aromatic carbocycles. The molecule has 5 heteroatoms. The molecular weight excluding hydrogens is 239 g/mol. The Labute approximate surface area is 89.2 Å². The molecule has 0 radical (unpaired) electrons. The van der Waals surface area contributed by atoms with Gasteiger partial charge in [-0.1, -0.05) is 34.8 Å². The largest absolute Gasteiger partial charge is 0.290 e. The van der Waals surface area contributed by atoms with Crippen LogP contribution in [0.3, 0.4) is 0 Å². The van der Waals surface area contributed by atoms with E-state index in [0.717, 1.165) is 0 Å². The van der Waals surface area contributed by atoms with E-state index < -0.39 is 4.33 Å². The third kappa shape index (κ3) is 2.36. The topological polar surface area (TPSA) is 17.1 Å². The molecule has 0 N–H and O–H groups in total. The van der Waals surface area contributed by atoms with Crippen molar-refractivity contribution in [1.82, 2.24) is 0 Å². The van der Waals surface area contributed by atoms with Gasteiger partial charge in [0.25, 0.3) is 0 Å². The lowest BCUT2D eigenvalue weighted by atomic mass is 10.2. The number of hydrogen-bond acceptors (Lipinski definition) is 2. The van der Waals surface area contributed by atoms with E-state index in [0.29, 0.717) is 9.21 Å². The molecule has 0 aliphatic rings. The van der Waals surface area contributed by atoms with Crippen molar-refractivity contribution < 1.29 is 4.79 Å². The minimum absolute atomic E-state index is 0.317. The van der Waals surface area contributed by atoms with Crippen molar-refractivity contribution in [2.75, 3.05) is 0 Å². The normalized spacial score (nSPS) is 11.7. The maximum absolute atomic E-state index is 11.4. The maximum Gasteiger partial charge on any atom is 0.208 e. The molecule has 0 saturated carbocycles. The van der Waals surface area contributed by atoms with Gasteiger partial charge in [-0.25, -0.2) is 0 Å². The summed E-state index contributed by atoms with van der Waals surface area (Å²) in [6.45, 7) is 1.44. The van der Waals surface area contributed by atoms with Gasteiger partial charge in [0.15, 0.2) is 4.33 Å². The molecule has 1 heterocycles. The highest BCUT2D eigenvalue weighted by Gasteiger charge is 2.29. The Bertz CT molecular complexity index is 300. The van der Waals surface area contributed by atoms with Crippen molar-refractivity contribution >= 4 is 51.9 Å². The van der Waals surface area contributed by atoms with Crippen molar-refractivity contribution in [3.05, 3.63) is 21.3 Å². The van der Waals surface area contributed by atoms with Crippen LogP contribution in [-0.2, 0) is 0 Å². The summed E-state index contributed by atoms with van der Waals surface area (Å²) in [5.41, 5.74) is 0. The molecule has 1 rings (SSSR count). The fraction of sp³-hybridized carbons (Fsp3) is 0.286. The monoisotopic (exact) mass is 242 g/mol. The highest BCUT2D eigenvalue weighted by Crippen LogP contribution is 2.30. The molecule has 0 aliphatic carbocycles. The van der Waals surface area contributed by atoms with Crippen LogP contribution >= 0.6 is 46.1 Å². The molecule has 0 unspecified atom stereocenters. The average molecular weight is 244 g/mol. The zero-order valence-corrected chi connectivity index (χ0v) is 9.19. The molecule has 1 nitrogen and oxygen atoms in total. The first-order chi connectivity index (χ1) is 5.41. The summed E-state index contributed by atoms with van der Waals surface area (Å²) < 4.78 is -0.815. The smallest absolute Gasteiger partial charge is 0.208 e. The summed E-state index contributed by atoms with van der Waals surface area (Å²) in [5.74, 6) is -0.317. The SMILES string of the molecule is CC(Cl)(Cl)C(=O)c1ccc(Cl)s1. The Morgan fingerprint density at radius 3 is 2.42 bits per heavy atom. The maximum atomic E-state index is 11.4. The summed E-state index contributed by atoms with van der Waals surface area (Å²) in [5, 5.41) is 0. The van der Waals surface area contributed by atoms with Crippen molar-refractivity contribution in [2.45, 2.75) is 11.3 Å². The number of ketones is 1. The van der Waals surface area contributed by atoms with Crippen LogP contribution in [0.2, 0.25) is 4.34 Å². The van der Waals surface area contributed by atoms with Crippen LogP contribution in [0.1, 0.15) is 16.6 Å². The first-order valence-electron chi connectivity index (χ1n) is 3.09. The van der Waals surface area contributed by atoms with Crippen LogP contribution in [0.25, 0.3) is 0 Å². The molecule has 1 aromatic rings. The number of halogens is 3. The van der Waals surface area contributed by atoms with Gasteiger partial charge in [0.2, 0.25) is 5.78 Å². The average Bonchev–Trinajstić information content (AvgIpc) is 2.32. The van der Waals surface area contributed by atoms with Crippen molar-refractivity contribution in [3.63, 3.8) is 0 Å². The Hall–Kier alpha value is 0.240. The molecule has 1 aromatic heterocycles. The van der Waals surface area contributed by atoms with Gasteiger partial charge in [-0.15, -0.1) is 11.3 Å². The highest BCUT2D eigenvalue weighted by atomic mass is 35.5. The number of carbonyl (C=O) groups is 1. The minimum atomic E-state index is -1.37. The van der Waals surface area contributed by atoms with Crippen LogP contribution in [-0.4, -0.2) is 10.1 Å². The predicted octanol–water partition coefficient (Wildman–Crippen LogP) is 3.78. The molecule has 0 fully saturated rings. The van der Waals surface area contributed by atoms with Crippen LogP contribution in [0.4, 0.5) is 0 Å².